The Labute approximate surface area is 136 Å². The van der Waals surface area contributed by atoms with Crippen molar-refractivity contribution in [2.24, 2.45) is 0 Å². The van der Waals surface area contributed by atoms with Crippen LogP contribution in [-0.2, 0) is 6.42 Å². The van der Waals surface area contributed by atoms with Gasteiger partial charge in [0.1, 0.15) is 11.6 Å². The number of aryl methyl sites for hydroxylation is 1. The van der Waals surface area contributed by atoms with Gasteiger partial charge in [-0.15, -0.1) is 6.42 Å². The quantitative estimate of drug-likeness (QED) is 0.546. The monoisotopic (exact) mass is 308 g/mol. The maximum Gasteiger partial charge on any atom is 0.140 e. The number of halogens is 2. The van der Waals surface area contributed by atoms with Crippen molar-refractivity contribution in [1.29, 1.82) is 0 Å². The number of rotatable bonds is 4. The van der Waals surface area contributed by atoms with Crippen molar-refractivity contribution in [3.63, 3.8) is 0 Å². The lowest BCUT2D eigenvalue weighted by atomic mass is 10.0. The maximum atomic E-state index is 14.1. The Bertz CT molecular complexity index is 786. The second-order valence-corrected chi connectivity index (χ2v) is 5.36. The molecule has 0 N–H and O–H groups in total. The van der Waals surface area contributed by atoms with Gasteiger partial charge >= 0.3 is 0 Å². The fourth-order valence-corrected chi connectivity index (χ4v) is 2.24. The Morgan fingerprint density at radius 2 is 1.65 bits per heavy atom. The molecule has 0 aliphatic rings. The average molecular weight is 308 g/mol. The van der Waals surface area contributed by atoms with Gasteiger partial charge in [0.25, 0.3) is 0 Å². The summed E-state index contributed by atoms with van der Waals surface area (Å²) in [6.45, 7) is 2.14. The standard InChI is InChI=1S/C21H18F2/c1-3-5-6-7-16-9-12-19(21(23)14-16)13-10-17-8-11-18(4-2)20(22)15-17/h2,8-9,11-12,14-15H,3,5-7H2,1H3. The van der Waals surface area contributed by atoms with E-state index in [0.717, 1.165) is 31.2 Å². The van der Waals surface area contributed by atoms with E-state index >= 15 is 0 Å². The molecular formula is C21H18F2. The summed E-state index contributed by atoms with van der Waals surface area (Å²) in [4.78, 5) is 0. The minimum absolute atomic E-state index is 0.193. The number of unbranched alkanes of at least 4 members (excludes halogenated alkanes) is 2. The Hall–Kier alpha value is -2.58. The molecule has 0 fully saturated rings. The van der Waals surface area contributed by atoms with Gasteiger partial charge in [-0.3, -0.25) is 0 Å². The third-order valence-electron chi connectivity index (χ3n) is 3.57. The molecule has 2 aromatic carbocycles. The lowest BCUT2D eigenvalue weighted by molar-refractivity contribution is 0.619. The van der Waals surface area contributed by atoms with Crippen LogP contribution in [0.25, 0.3) is 0 Å². The van der Waals surface area contributed by atoms with Gasteiger partial charge in [-0.1, -0.05) is 43.6 Å². The van der Waals surface area contributed by atoms with Crippen molar-refractivity contribution in [3.05, 3.63) is 70.3 Å². The van der Waals surface area contributed by atoms with Crippen LogP contribution >= 0.6 is 0 Å². The van der Waals surface area contributed by atoms with Gasteiger partial charge in [-0.25, -0.2) is 8.78 Å². The molecule has 2 heteroatoms. The zero-order valence-corrected chi connectivity index (χ0v) is 13.1. The molecule has 0 atom stereocenters. The highest BCUT2D eigenvalue weighted by Gasteiger charge is 2.02. The Morgan fingerprint density at radius 3 is 2.30 bits per heavy atom. The fourth-order valence-electron chi connectivity index (χ4n) is 2.24. The molecule has 0 heterocycles. The SMILES string of the molecule is C#Cc1ccc(C#Cc2ccc(CCCCC)cc2F)cc1F. The van der Waals surface area contributed by atoms with E-state index in [-0.39, 0.29) is 11.4 Å². The number of hydrogen-bond donors (Lipinski definition) is 0. The van der Waals surface area contributed by atoms with E-state index in [9.17, 15) is 8.78 Å². The van der Waals surface area contributed by atoms with E-state index < -0.39 is 5.82 Å². The van der Waals surface area contributed by atoms with Crippen LogP contribution in [-0.4, -0.2) is 0 Å². The molecule has 0 unspecified atom stereocenters. The Balaban J connectivity index is 2.15. The normalized spacial score (nSPS) is 9.83. The van der Waals surface area contributed by atoms with Crippen molar-refractivity contribution < 1.29 is 8.78 Å². The zero-order valence-electron chi connectivity index (χ0n) is 13.1. The first kappa shape index (κ1) is 16.8. The highest BCUT2D eigenvalue weighted by Crippen LogP contribution is 2.13. The van der Waals surface area contributed by atoms with Gasteiger partial charge in [-0.05, 0) is 48.7 Å². The Kier molecular flexibility index (Phi) is 5.95. The van der Waals surface area contributed by atoms with Crippen molar-refractivity contribution in [2.75, 3.05) is 0 Å². The molecule has 0 aliphatic heterocycles. The van der Waals surface area contributed by atoms with Crippen molar-refractivity contribution >= 4 is 0 Å². The maximum absolute atomic E-state index is 14.1. The van der Waals surface area contributed by atoms with Gasteiger partial charge < -0.3 is 0 Å². The van der Waals surface area contributed by atoms with E-state index in [4.69, 9.17) is 6.42 Å². The largest absolute Gasteiger partial charge is 0.206 e. The van der Waals surface area contributed by atoms with Crippen LogP contribution < -0.4 is 0 Å². The molecule has 116 valence electrons. The lowest BCUT2D eigenvalue weighted by Crippen LogP contribution is -1.90. The highest BCUT2D eigenvalue weighted by molar-refractivity contribution is 5.46. The summed E-state index contributed by atoms with van der Waals surface area (Å²) in [5, 5.41) is 0. The third kappa shape index (κ3) is 4.70. The summed E-state index contributed by atoms with van der Waals surface area (Å²) in [6, 6.07) is 9.48. The number of benzene rings is 2. The summed E-state index contributed by atoms with van der Waals surface area (Å²) in [5.74, 6) is 6.93. The van der Waals surface area contributed by atoms with Gasteiger partial charge in [0.05, 0.1) is 11.1 Å². The summed E-state index contributed by atoms with van der Waals surface area (Å²) in [6.07, 6.45) is 9.38. The number of hydrogen-bond acceptors (Lipinski definition) is 0. The predicted molar refractivity (Wildman–Crippen MR) is 89.9 cm³/mol. The molecule has 0 bridgehead atoms. The molecule has 0 nitrogen and oxygen atoms in total. The highest BCUT2D eigenvalue weighted by atomic mass is 19.1. The van der Waals surface area contributed by atoms with Crippen molar-refractivity contribution in [1.82, 2.24) is 0 Å². The minimum Gasteiger partial charge on any atom is -0.206 e. The molecule has 2 rings (SSSR count). The molecule has 0 radical (unpaired) electrons. The second kappa shape index (κ2) is 8.16. The molecular weight excluding hydrogens is 290 g/mol. The third-order valence-corrected chi connectivity index (χ3v) is 3.57. The van der Waals surface area contributed by atoms with Crippen LogP contribution in [0.15, 0.2) is 36.4 Å². The minimum atomic E-state index is -0.494. The molecule has 0 saturated heterocycles. The average Bonchev–Trinajstić information content (AvgIpc) is 2.54. The van der Waals surface area contributed by atoms with Gasteiger partial charge in [-0.2, -0.15) is 0 Å². The van der Waals surface area contributed by atoms with E-state index in [2.05, 4.69) is 24.7 Å². The fraction of sp³-hybridized carbons (Fsp3) is 0.238. The van der Waals surface area contributed by atoms with E-state index in [1.165, 1.54) is 18.2 Å². The lowest BCUT2D eigenvalue weighted by Gasteiger charge is -2.02. The number of terminal acetylenes is 1. The molecule has 0 aliphatic carbocycles. The molecule has 0 amide bonds. The van der Waals surface area contributed by atoms with Crippen molar-refractivity contribution in [3.8, 4) is 24.2 Å². The zero-order chi connectivity index (χ0) is 16.7. The first-order valence-electron chi connectivity index (χ1n) is 7.70. The summed E-state index contributed by atoms with van der Waals surface area (Å²) in [5.41, 5.74) is 1.95. The summed E-state index contributed by atoms with van der Waals surface area (Å²) in [7, 11) is 0. The van der Waals surface area contributed by atoms with Crippen molar-refractivity contribution in [2.45, 2.75) is 32.6 Å². The second-order valence-electron chi connectivity index (χ2n) is 5.36. The smallest absolute Gasteiger partial charge is 0.140 e. The molecule has 0 spiro atoms. The van der Waals surface area contributed by atoms with Crippen LogP contribution in [0.5, 0.6) is 0 Å². The summed E-state index contributed by atoms with van der Waals surface area (Å²) < 4.78 is 27.6. The predicted octanol–water partition coefficient (Wildman–Crippen LogP) is 5.08. The first-order valence-corrected chi connectivity index (χ1v) is 7.70. The summed E-state index contributed by atoms with van der Waals surface area (Å²) >= 11 is 0. The van der Waals surface area contributed by atoms with E-state index in [1.807, 2.05) is 6.07 Å². The van der Waals surface area contributed by atoms with Crippen LogP contribution in [0.4, 0.5) is 8.78 Å². The van der Waals surface area contributed by atoms with E-state index in [1.54, 1.807) is 12.1 Å². The Morgan fingerprint density at radius 1 is 0.913 bits per heavy atom. The van der Waals surface area contributed by atoms with Crippen LogP contribution in [0.2, 0.25) is 0 Å². The first-order chi connectivity index (χ1) is 11.1. The molecule has 2 aromatic rings. The van der Waals surface area contributed by atoms with Crippen LogP contribution in [0.3, 0.4) is 0 Å². The topological polar surface area (TPSA) is 0 Å². The van der Waals surface area contributed by atoms with Gasteiger partial charge in [0, 0.05) is 5.56 Å². The van der Waals surface area contributed by atoms with E-state index in [0.29, 0.717) is 11.1 Å². The molecule has 0 saturated carbocycles. The van der Waals surface area contributed by atoms with Crippen LogP contribution in [0.1, 0.15) is 48.4 Å². The van der Waals surface area contributed by atoms with Gasteiger partial charge in [0.15, 0.2) is 0 Å². The molecule has 0 aromatic heterocycles. The van der Waals surface area contributed by atoms with Crippen LogP contribution in [0, 0.1) is 35.8 Å². The molecule has 23 heavy (non-hydrogen) atoms. The van der Waals surface area contributed by atoms with Gasteiger partial charge in [0.2, 0.25) is 0 Å².